The van der Waals surface area contributed by atoms with Crippen LogP contribution in [0.15, 0.2) is 0 Å². The highest BCUT2D eigenvalue weighted by Crippen LogP contribution is 2.29. The van der Waals surface area contributed by atoms with Crippen molar-refractivity contribution in [2.45, 2.75) is 70.3 Å². The average molecular weight is 267 g/mol. The molecule has 0 aromatic rings. The number of carboxylic acid groups (broad SMARTS) is 1. The molecule has 0 unspecified atom stereocenters. The second-order valence-corrected chi connectivity index (χ2v) is 6.16. The lowest BCUT2D eigenvalue weighted by Gasteiger charge is -2.13. The zero-order chi connectivity index (χ0) is 13.7. The van der Waals surface area contributed by atoms with Crippen LogP contribution in [0.3, 0.4) is 0 Å². The molecule has 0 radical (unpaired) electrons. The van der Waals surface area contributed by atoms with Gasteiger partial charge in [0, 0.05) is 12.5 Å². The van der Waals surface area contributed by atoms with Crippen molar-refractivity contribution in [3.63, 3.8) is 0 Å². The van der Waals surface area contributed by atoms with Crippen LogP contribution in [0.4, 0.5) is 0 Å². The van der Waals surface area contributed by atoms with Crippen molar-refractivity contribution in [2.75, 3.05) is 0 Å². The Morgan fingerprint density at radius 3 is 2.47 bits per heavy atom. The van der Waals surface area contributed by atoms with E-state index in [0.29, 0.717) is 19.3 Å². The number of carbonyl (C=O) groups is 2. The first-order valence-electron chi connectivity index (χ1n) is 7.67. The lowest BCUT2D eigenvalue weighted by Crippen LogP contribution is -2.33. The van der Waals surface area contributed by atoms with E-state index in [1.807, 2.05) is 0 Å². The van der Waals surface area contributed by atoms with Crippen molar-refractivity contribution in [1.82, 2.24) is 5.32 Å². The van der Waals surface area contributed by atoms with Gasteiger partial charge in [0.05, 0.1) is 5.92 Å². The molecule has 4 nitrogen and oxygen atoms in total. The third-order valence-electron chi connectivity index (χ3n) is 4.64. The summed E-state index contributed by atoms with van der Waals surface area (Å²) in [4.78, 5) is 22.6. The van der Waals surface area contributed by atoms with Gasteiger partial charge >= 0.3 is 5.97 Å². The van der Waals surface area contributed by atoms with E-state index >= 15 is 0 Å². The minimum absolute atomic E-state index is 0.0834. The van der Waals surface area contributed by atoms with Crippen molar-refractivity contribution in [2.24, 2.45) is 11.8 Å². The molecule has 108 valence electrons. The van der Waals surface area contributed by atoms with Crippen LogP contribution in [-0.4, -0.2) is 23.0 Å². The molecule has 0 heterocycles. The van der Waals surface area contributed by atoms with Gasteiger partial charge in [-0.1, -0.05) is 25.7 Å². The van der Waals surface area contributed by atoms with Crippen LogP contribution in [0.25, 0.3) is 0 Å². The monoisotopic (exact) mass is 267 g/mol. The molecular weight excluding hydrogens is 242 g/mol. The van der Waals surface area contributed by atoms with Crippen LogP contribution in [0.1, 0.15) is 64.2 Å². The summed E-state index contributed by atoms with van der Waals surface area (Å²) in [5, 5.41) is 11.9. The Balaban J connectivity index is 1.58. The highest BCUT2D eigenvalue weighted by Gasteiger charge is 2.30. The Labute approximate surface area is 115 Å². The summed E-state index contributed by atoms with van der Waals surface area (Å²) in [5.74, 6) is -0.0357. The first kappa shape index (κ1) is 14.4. The van der Waals surface area contributed by atoms with Crippen LogP contribution < -0.4 is 5.32 Å². The molecule has 1 amide bonds. The lowest BCUT2D eigenvalue weighted by molar-refractivity contribution is -0.141. The fourth-order valence-corrected chi connectivity index (χ4v) is 3.49. The van der Waals surface area contributed by atoms with Gasteiger partial charge in [-0.25, -0.2) is 0 Å². The zero-order valence-corrected chi connectivity index (χ0v) is 11.6. The number of carbonyl (C=O) groups excluding carboxylic acids is 1. The number of aliphatic carboxylic acids is 1. The highest BCUT2D eigenvalue weighted by atomic mass is 16.4. The predicted molar refractivity (Wildman–Crippen MR) is 72.7 cm³/mol. The van der Waals surface area contributed by atoms with Crippen molar-refractivity contribution in [3.05, 3.63) is 0 Å². The second kappa shape index (κ2) is 6.92. The van der Waals surface area contributed by atoms with Crippen molar-refractivity contribution in [1.29, 1.82) is 0 Å². The first-order valence-corrected chi connectivity index (χ1v) is 7.67. The normalized spacial score (nSPS) is 27.6. The number of amides is 1. The maximum absolute atomic E-state index is 11.8. The van der Waals surface area contributed by atoms with Gasteiger partial charge in [0.15, 0.2) is 0 Å². The number of rotatable bonds is 6. The zero-order valence-electron chi connectivity index (χ0n) is 11.6. The van der Waals surface area contributed by atoms with E-state index in [1.54, 1.807) is 0 Å². The Bertz CT molecular complexity index is 323. The van der Waals surface area contributed by atoms with Crippen molar-refractivity contribution >= 4 is 11.9 Å². The topological polar surface area (TPSA) is 66.4 Å². The van der Waals surface area contributed by atoms with Crippen LogP contribution in [-0.2, 0) is 9.59 Å². The Kier molecular flexibility index (Phi) is 5.23. The smallest absolute Gasteiger partial charge is 0.306 e. The lowest BCUT2D eigenvalue weighted by atomic mass is 10.0. The van der Waals surface area contributed by atoms with E-state index in [-0.39, 0.29) is 17.9 Å². The standard InChI is InChI=1S/C15H25NO3/c17-14(7-3-6-11-4-1-2-5-11)16-13-9-8-12(10-13)15(18)19/h11-13H,1-10H2,(H,16,17)(H,18,19)/t12-,13+/m1/s1. The summed E-state index contributed by atoms with van der Waals surface area (Å²) in [6.07, 6.45) is 10.3. The van der Waals surface area contributed by atoms with Crippen molar-refractivity contribution in [3.8, 4) is 0 Å². The van der Waals surface area contributed by atoms with E-state index in [4.69, 9.17) is 5.11 Å². The number of hydrogen-bond acceptors (Lipinski definition) is 2. The summed E-state index contributed by atoms with van der Waals surface area (Å²) in [5.41, 5.74) is 0. The molecule has 0 aliphatic heterocycles. The summed E-state index contributed by atoms with van der Waals surface area (Å²) < 4.78 is 0. The Morgan fingerprint density at radius 2 is 1.84 bits per heavy atom. The van der Waals surface area contributed by atoms with Crippen LogP contribution in [0.2, 0.25) is 0 Å². The molecule has 2 aliphatic rings. The molecule has 2 N–H and O–H groups in total. The third kappa shape index (κ3) is 4.51. The molecule has 2 rings (SSSR count). The van der Waals surface area contributed by atoms with Gasteiger partial charge in [-0.2, -0.15) is 0 Å². The van der Waals surface area contributed by atoms with Gasteiger partial charge in [0.25, 0.3) is 0 Å². The quantitative estimate of drug-likeness (QED) is 0.777. The number of nitrogens with one attached hydrogen (secondary N) is 1. The second-order valence-electron chi connectivity index (χ2n) is 6.16. The molecule has 2 saturated carbocycles. The fraction of sp³-hybridized carbons (Fsp3) is 0.867. The molecular formula is C15H25NO3. The Hall–Kier alpha value is -1.06. The van der Waals surface area contributed by atoms with Gasteiger partial charge in [0.1, 0.15) is 0 Å². The number of hydrogen-bond donors (Lipinski definition) is 2. The molecule has 0 saturated heterocycles. The molecule has 19 heavy (non-hydrogen) atoms. The van der Waals surface area contributed by atoms with Gasteiger partial charge in [-0.05, 0) is 38.0 Å². The van der Waals surface area contributed by atoms with Crippen molar-refractivity contribution < 1.29 is 14.7 Å². The minimum atomic E-state index is -0.724. The molecule has 0 bridgehead atoms. The fourth-order valence-electron chi connectivity index (χ4n) is 3.49. The molecule has 0 spiro atoms. The summed E-state index contributed by atoms with van der Waals surface area (Å²) >= 11 is 0. The summed E-state index contributed by atoms with van der Waals surface area (Å²) in [6.45, 7) is 0. The van der Waals surface area contributed by atoms with E-state index in [1.165, 1.54) is 32.1 Å². The molecule has 2 aliphatic carbocycles. The predicted octanol–water partition coefficient (Wildman–Crippen LogP) is 2.72. The number of carboxylic acids is 1. The third-order valence-corrected chi connectivity index (χ3v) is 4.64. The minimum Gasteiger partial charge on any atom is -0.481 e. The van der Waals surface area contributed by atoms with E-state index in [0.717, 1.165) is 18.8 Å². The maximum Gasteiger partial charge on any atom is 0.306 e. The largest absolute Gasteiger partial charge is 0.481 e. The van der Waals surface area contributed by atoms with Gasteiger partial charge < -0.3 is 10.4 Å². The summed E-state index contributed by atoms with van der Waals surface area (Å²) in [7, 11) is 0. The molecule has 0 aromatic heterocycles. The summed E-state index contributed by atoms with van der Waals surface area (Å²) in [6, 6.07) is 0.0834. The van der Waals surface area contributed by atoms with E-state index < -0.39 is 5.97 Å². The molecule has 0 aromatic carbocycles. The molecule has 4 heteroatoms. The van der Waals surface area contributed by atoms with Gasteiger partial charge in [-0.3, -0.25) is 9.59 Å². The van der Waals surface area contributed by atoms with Gasteiger partial charge in [-0.15, -0.1) is 0 Å². The van der Waals surface area contributed by atoms with E-state index in [9.17, 15) is 9.59 Å². The molecule has 2 fully saturated rings. The Morgan fingerprint density at radius 1 is 1.11 bits per heavy atom. The van der Waals surface area contributed by atoms with Crippen LogP contribution in [0.5, 0.6) is 0 Å². The average Bonchev–Trinajstić information content (AvgIpc) is 3.00. The SMILES string of the molecule is O=C(CCCC1CCCC1)N[C@H]1CC[C@@H](C(=O)O)C1. The highest BCUT2D eigenvalue weighted by molar-refractivity contribution is 5.76. The maximum atomic E-state index is 11.8. The van der Waals surface area contributed by atoms with Crippen LogP contribution in [0, 0.1) is 11.8 Å². The first-order chi connectivity index (χ1) is 9.15. The van der Waals surface area contributed by atoms with Gasteiger partial charge in [0.2, 0.25) is 5.91 Å². The van der Waals surface area contributed by atoms with E-state index in [2.05, 4.69) is 5.32 Å². The molecule has 2 atom stereocenters. The van der Waals surface area contributed by atoms with Crippen LogP contribution >= 0.6 is 0 Å².